The van der Waals surface area contributed by atoms with Crippen molar-refractivity contribution >= 4 is 0 Å². The summed E-state index contributed by atoms with van der Waals surface area (Å²) < 4.78 is 0. The van der Waals surface area contributed by atoms with Crippen LogP contribution < -0.4 is 0 Å². The second-order valence-corrected chi connectivity index (χ2v) is 2.61. The van der Waals surface area contributed by atoms with Gasteiger partial charge in [0.1, 0.15) is 0 Å². The van der Waals surface area contributed by atoms with Gasteiger partial charge >= 0.3 is 0 Å². The standard InChI is InChI=1S/C6H16N2.Ti/c1-7(2)5-6-8(3)4;/h5-6H2,1-4H3;. The van der Waals surface area contributed by atoms with Gasteiger partial charge in [-0.1, -0.05) is 0 Å². The van der Waals surface area contributed by atoms with E-state index < -0.39 is 0 Å². The van der Waals surface area contributed by atoms with Gasteiger partial charge in [-0.15, -0.1) is 0 Å². The van der Waals surface area contributed by atoms with Crippen molar-refractivity contribution in [1.82, 2.24) is 9.80 Å². The number of hydrogen-bond acceptors (Lipinski definition) is 2. The summed E-state index contributed by atoms with van der Waals surface area (Å²) >= 11 is 0. The summed E-state index contributed by atoms with van der Waals surface area (Å²) in [6.07, 6.45) is 0. The van der Waals surface area contributed by atoms with Crippen LogP contribution in [0, 0.1) is 0 Å². The van der Waals surface area contributed by atoms with Crippen molar-refractivity contribution in [3.63, 3.8) is 0 Å². The Balaban J connectivity index is 0. The molecule has 0 aromatic carbocycles. The fraction of sp³-hybridized carbons (Fsp3) is 1.00. The normalized spacial score (nSPS) is 10.0. The Morgan fingerprint density at radius 3 is 1.11 bits per heavy atom. The molecule has 0 radical (unpaired) electrons. The molecule has 0 atom stereocenters. The molecule has 0 spiro atoms. The van der Waals surface area contributed by atoms with Gasteiger partial charge in [-0.05, 0) is 28.2 Å². The predicted molar refractivity (Wildman–Crippen MR) is 37.1 cm³/mol. The van der Waals surface area contributed by atoms with Gasteiger partial charge in [-0.2, -0.15) is 0 Å². The van der Waals surface area contributed by atoms with Crippen molar-refractivity contribution in [2.24, 2.45) is 0 Å². The van der Waals surface area contributed by atoms with Crippen LogP contribution in [0.5, 0.6) is 0 Å². The molecule has 0 amide bonds. The molecule has 2 nitrogen and oxygen atoms in total. The third-order valence-corrected chi connectivity index (χ3v) is 0.994. The Morgan fingerprint density at radius 2 is 1.00 bits per heavy atom. The zero-order valence-corrected chi connectivity index (χ0v) is 8.37. The fourth-order valence-corrected chi connectivity index (χ4v) is 0.400. The average molecular weight is 164 g/mol. The van der Waals surface area contributed by atoms with Crippen molar-refractivity contribution in [2.75, 3.05) is 41.3 Å². The van der Waals surface area contributed by atoms with Crippen LogP contribution in [0.3, 0.4) is 0 Å². The maximum absolute atomic E-state index is 2.18. The minimum atomic E-state index is 0. The van der Waals surface area contributed by atoms with E-state index in [0.29, 0.717) is 0 Å². The van der Waals surface area contributed by atoms with Crippen molar-refractivity contribution in [1.29, 1.82) is 0 Å². The van der Waals surface area contributed by atoms with E-state index in [0.717, 1.165) is 13.1 Å². The van der Waals surface area contributed by atoms with Gasteiger partial charge in [0.15, 0.2) is 0 Å². The zero-order chi connectivity index (χ0) is 6.57. The van der Waals surface area contributed by atoms with Crippen molar-refractivity contribution in [2.45, 2.75) is 0 Å². The summed E-state index contributed by atoms with van der Waals surface area (Å²) in [6, 6.07) is 0. The van der Waals surface area contributed by atoms with Crippen LogP contribution in [-0.4, -0.2) is 51.1 Å². The Kier molecular flexibility index (Phi) is 9.24. The molecule has 0 bridgehead atoms. The van der Waals surface area contributed by atoms with Crippen LogP contribution in [0.1, 0.15) is 0 Å². The summed E-state index contributed by atoms with van der Waals surface area (Å²) in [5.41, 5.74) is 0. The number of rotatable bonds is 3. The van der Waals surface area contributed by atoms with Gasteiger partial charge in [0, 0.05) is 34.8 Å². The number of likely N-dealkylation sites (N-methyl/N-ethyl adjacent to an activating group) is 2. The van der Waals surface area contributed by atoms with E-state index in [4.69, 9.17) is 0 Å². The predicted octanol–water partition coefficient (Wildman–Crippen LogP) is 0.107. The topological polar surface area (TPSA) is 6.48 Å². The van der Waals surface area contributed by atoms with E-state index in [9.17, 15) is 0 Å². The largest absolute Gasteiger partial charge is 0.308 e. The van der Waals surface area contributed by atoms with Gasteiger partial charge in [0.05, 0.1) is 0 Å². The van der Waals surface area contributed by atoms with E-state index in [2.05, 4.69) is 38.0 Å². The van der Waals surface area contributed by atoms with Gasteiger partial charge in [0.25, 0.3) is 0 Å². The molecule has 0 aliphatic rings. The van der Waals surface area contributed by atoms with E-state index in [1.54, 1.807) is 0 Å². The molecule has 0 unspecified atom stereocenters. The third kappa shape index (κ3) is 12.0. The molecule has 0 aliphatic carbocycles. The third-order valence-electron chi connectivity index (χ3n) is 0.994. The second kappa shape index (κ2) is 6.75. The molecular formula is C6H16N2Ti. The first-order valence-electron chi connectivity index (χ1n) is 2.92. The molecule has 0 rings (SSSR count). The first-order valence-corrected chi connectivity index (χ1v) is 2.92. The molecule has 54 valence electrons. The molecule has 0 aliphatic heterocycles. The van der Waals surface area contributed by atoms with Gasteiger partial charge in [-0.25, -0.2) is 0 Å². The molecule has 0 fully saturated rings. The van der Waals surface area contributed by atoms with E-state index in [-0.39, 0.29) is 21.7 Å². The molecular weight excluding hydrogens is 148 g/mol. The Bertz CT molecular complexity index is 47.0. The molecule has 0 saturated heterocycles. The molecule has 0 heterocycles. The first-order chi connectivity index (χ1) is 3.63. The summed E-state index contributed by atoms with van der Waals surface area (Å²) in [4.78, 5) is 4.36. The molecule has 0 aromatic heterocycles. The maximum Gasteiger partial charge on any atom is 0.0103 e. The van der Waals surface area contributed by atoms with Crippen LogP contribution in [-0.2, 0) is 21.7 Å². The molecule has 0 saturated carbocycles. The smallest absolute Gasteiger partial charge is 0.0103 e. The van der Waals surface area contributed by atoms with Crippen molar-refractivity contribution < 1.29 is 21.7 Å². The maximum atomic E-state index is 2.18. The molecule has 0 N–H and O–H groups in total. The average Bonchev–Trinajstić information content (AvgIpc) is 1.61. The number of hydrogen-bond donors (Lipinski definition) is 0. The Morgan fingerprint density at radius 1 is 0.778 bits per heavy atom. The summed E-state index contributed by atoms with van der Waals surface area (Å²) in [5, 5.41) is 0. The quantitative estimate of drug-likeness (QED) is 0.546. The van der Waals surface area contributed by atoms with Crippen molar-refractivity contribution in [3.05, 3.63) is 0 Å². The summed E-state index contributed by atoms with van der Waals surface area (Å²) in [7, 11) is 8.35. The molecule has 3 heteroatoms. The van der Waals surface area contributed by atoms with Crippen LogP contribution in [0.15, 0.2) is 0 Å². The number of nitrogens with zero attached hydrogens (tertiary/aromatic N) is 2. The minimum Gasteiger partial charge on any atom is -0.308 e. The van der Waals surface area contributed by atoms with Crippen LogP contribution in [0.2, 0.25) is 0 Å². The van der Waals surface area contributed by atoms with E-state index >= 15 is 0 Å². The summed E-state index contributed by atoms with van der Waals surface area (Å²) in [6.45, 7) is 2.29. The van der Waals surface area contributed by atoms with E-state index in [1.807, 2.05) is 0 Å². The van der Waals surface area contributed by atoms with Crippen LogP contribution >= 0.6 is 0 Å². The SMILES string of the molecule is CN(C)CCN(C)C.[Ti]. The minimum absolute atomic E-state index is 0. The summed E-state index contributed by atoms with van der Waals surface area (Å²) in [5.74, 6) is 0. The van der Waals surface area contributed by atoms with Crippen molar-refractivity contribution in [3.8, 4) is 0 Å². The van der Waals surface area contributed by atoms with Gasteiger partial charge < -0.3 is 9.80 Å². The van der Waals surface area contributed by atoms with E-state index in [1.165, 1.54) is 0 Å². The monoisotopic (exact) mass is 164 g/mol. The fourth-order valence-electron chi connectivity index (χ4n) is 0.400. The molecule has 0 aromatic rings. The molecule has 9 heavy (non-hydrogen) atoms. The van der Waals surface area contributed by atoms with Crippen LogP contribution in [0.25, 0.3) is 0 Å². The van der Waals surface area contributed by atoms with Gasteiger partial charge in [0.2, 0.25) is 0 Å². The first kappa shape index (κ1) is 12.3. The second-order valence-electron chi connectivity index (χ2n) is 2.61. The van der Waals surface area contributed by atoms with Gasteiger partial charge in [-0.3, -0.25) is 0 Å². The van der Waals surface area contributed by atoms with Crippen LogP contribution in [0.4, 0.5) is 0 Å². The Hall–Kier alpha value is 0.634. The zero-order valence-electron chi connectivity index (χ0n) is 6.81. The Labute approximate surface area is 73.1 Å².